The van der Waals surface area contributed by atoms with E-state index in [1.807, 2.05) is 134 Å². The second-order valence-corrected chi connectivity index (χ2v) is 17.3. The normalized spacial score (nSPS) is 25.8. The Balaban J connectivity index is 1.27. The predicted octanol–water partition coefficient (Wildman–Crippen LogP) is 6.84. The summed E-state index contributed by atoms with van der Waals surface area (Å²) in [6.07, 6.45) is 16.6. The van der Waals surface area contributed by atoms with E-state index < -0.39 is 101 Å². The quantitative estimate of drug-likeness (QED) is 0.0526. The predicted molar refractivity (Wildman–Crippen MR) is 244 cm³/mol. The highest BCUT2D eigenvalue weighted by atomic mass is 16.6. The van der Waals surface area contributed by atoms with E-state index in [-0.39, 0.29) is 18.8 Å². The Morgan fingerprint density at radius 2 is 1.03 bits per heavy atom. The lowest BCUT2D eigenvalue weighted by atomic mass is 9.71. The van der Waals surface area contributed by atoms with Crippen LogP contribution in [0.1, 0.15) is 75.2 Å². The number of aliphatic hydroxyl groups is 6. The van der Waals surface area contributed by atoms with Crippen LogP contribution in [-0.2, 0) is 47.7 Å². The van der Waals surface area contributed by atoms with Gasteiger partial charge in [0.1, 0.15) is 0 Å². The van der Waals surface area contributed by atoms with Gasteiger partial charge in [0.25, 0.3) is 0 Å². The number of Topliss-reactive ketones (excluding diaryl/α,β-unsaturated/α-hetero) is 2. The van der Waals surface area contributed by atoms with Crippen LogP contribution in [0.4, 0.5) is 0 Å². The number of ether oxygens (including phenoxy) is 4. The summed E-state index contributed by atoms with van der Waals surface area (Å²) in [5.74, 6) is -10.5. The van der Waals surface area contributed by atoms with E-state index in [1.54, 1.807) is 13.8 Å². The van der Waals surface area contributed by atoms with E-state index in [1.165, 1.54) is 0 Å². The molecule has 0 aromatic carbocycles. The molecule has 2 aliphatic heterocycles. The van der Waals surface area contributed by atoms with Crippen LogP contribution < -0.4 is 0 Å². The van der Waals surface area contributed by atoms with Crippen molar-refractivity contribution in [2.45, 2.75) is 112 Å². The summed E-state index contributed by atoms with van der Waals surface area (Å²) >= 11 is 0. The molecule has 0 spiro atoms. The monoisotopic (exact) mass is 926 g/mol. The Morgan fingerprint density at radius 1 is 0.627 bits per heavy atom. The van der Waals surface area contributed by atoms with Crippen LogP contribution in [0.2, 0.25) is 0 Å². The topological polar surface area (TPSA) is 261 Å². The standard InChI is InChI=1S/C51H58O16/c1-26(16-12-18-28(3)20-22-33-30(5)24-35(37(52)31(33)6)64-49(62)43(58)45-39(54)41(56)47(60)66-45)14-10-11-15-27(2)17-13-19-29(4)21-23-34-32(7)38(53)36(25-51(34,8)9)65-50(63)44(59)46-40(55)42(57)48(61)67-46/h10-23,30,35-36,43-46,54-59H,24-25H2,1-9H3/b11-10+,16-12+,17-13+,22-20+,23-21+,26-14+,27-15+,28-18+,29-19+. The van der Waals surface area contributed by atoms with Gasteiger partial charge < -0.3 is 49.6 Å². The van der Waals surface area contributed by atoms with Gasteiger partial charge in [-0.2, -0.15) is 0 Å². The molecule has 0 saturated carbocycles. The van der Waals surface area contributed by atoms with Crippen LogP contribution in [0.15, 0.2) is 153 Å². The van der Waals surface area contributed by atoms with Gasteiger partial charge in [-0.3, -0.25) is 9.59 Å². The van der Waals surface area contributed by atoms with E-state index in [0.29, 0.717) is 11.1 Å². The maximum Gasteiger partial charge on any atom is 0.378 e. The van der Waals surface area contributed by atoms with Crippen LogP contribution in [-0.4, -0.2) is 103 Å². The lowest BCUT2D eigenvalue weighted by Gasteiger charge is -2.36. The van der Waals surface area contributed by atoms with Crippen LogP contribution in [0.5, 0.6) is 0 Å². The van der Waals surface area contributed by atoms with E-state index in [4.69, 9.17) is 9.47 Å². The molecular weight excluding hydrogens is 869 g/mol. The largest absolute Gasteiger partial charge is 0.505 e. The highest BCUT2D eigenvalue weighted by Crippen LogP contribution is 2.41. The van der Waals surface area contributed by atoms with Gasteiger partial charge in [0.05, 0.1) is 0 Å². The fourth-order valence-corrected chi connectivity index (χ4v) is 7.50. The SMILES string of the molecule is CC1=C(/C=C/C(C)=C/C=C/C(C)=C/C=C/C=C(C)/C=C/C=C(C)/C=C/C2=C(C)C(=O)C(OC(=O)C(O)C3OC(=O)C(O)=C3O)CC2(C)C)C(C)CC(OC(=O)C(O)C2OC(=O)C(O)=C2O)C1=O. The van der Waals surface area contributed by atoms with Crippen LogP contribution in [0, 0.1) is 11.3 Å². The van der Waals surface area contributed by atoms with Crippen LogP contribution >= 0.6 is 0 Å². The molecule has 7 atom stereocenters. The van der Waals surface area contributed by atoms with Crippen molar-refractivity contribution in [3.05, 3.63) is 153 Å². The van der Waals surface area contributed by atoms with E-state index in [2.05, 4.69) is 9.47 Å². The molecule has 4 aliphatic rings. The summed E-state index contributed by atoms with van der Waals surface area (Å²) < 4.78 is 19.8. The molecule has 6 N–H and O–H groups in total. The van der Waals surface area contributed by atoms with Gasteiger partial charge in [-0.15, -0.1) is 0 Å². The minimum Gasteiger partial charge on any atom is -0.505 e. The fraction of sp³-hybridized carbons (Fsp3) is 0.373. The summed E-state index contributed by atoms with van der Waals surface area (Å²) in [6, 6.07) is 0. The van der Waals surface area contributed by atoms with E-state index in [0.717, 1.165) is 33.4 Å². The molecule has 4 rings (SSSR count). The molecule has 2 aliphatic carbocycles. The number of rotatable bonds is 16. The van der Waals surface area contributed by atoms with E-state index >= 15 is 0 Å². The lowest BCUT2D eigenvalue weighted by molar-refractivity contribution is -0.172. The van der Waals surface area contributed by atoms with Gasteiger partial charge in [-0.1, -0.05) is 128 Å². The second-order valence-electron chi connectivity index (χ2n) is 17.3. The summed E-state index contributed by atoms with van der Waals surface area (Å²) in [6.45, 7) is 16.7. The molecule has 0 amide bonds. The minimum absolute atomic E-state index is 0.108. The first-order valence-corrected chi connectivity index (χ1v) is 21.4. The molecule has 0 fully saturated rings. The smallest absolute Gasteiger partial charge is 0.378 e. The molecule has 0 bridgehead atoms. The lowest BCUT2D eigenvalue weighted by Crippen LogP contribution is -2.44. The molecule has 67 heavy (non-hydrogen) atoms. The summed E-state index contributed by atoms with van der Waals surface area (Å²) in [5, 5.41) is 59.1. The molecule has 0 aromatic heterocycles. The molecule has 7 unspecified atom stereocenters. The first-order valence-electron chi connectivity index (χ1n) is 21.4. The molecule has 16 heteroatoms. The zero-order valence-electron chi connectivity index (χ0n) is 38.8. The molecule has 0 saturated heterocycles. The molecule has 0 radical (unpaired) electrons. The maximum absolute atomic E-state index is 13.2. The number of aliphatic hydroxyl groups excluding tert-OH is 6. The highest BCUT2D eigenvalue weighted by molar-refractivity contribution is 6.02. The van der Waals surface area contributed by atoms with Crippen LogP contribution in [0.3, 0.4) is 0 Å². The number of hydrogen-bond acceptors (Lipinski definition) is 16. The van der Waals surface area contributed by atoms with Gasteiger partial charge in [-0.25, -0.2) is 19.2 Å². The fourth-order valence-electron chi connectivity index (χ4n) is 7.50. The van der Waals surface area contributed by atoms with Crippen molar-refractivity contribution in [1.29, 1.82) is 0 Å². The Hall–Kier alpha value is -7.04. The number of carbonyl (C=O) groups is 6. The third-order valence-corrected chi connectivity index (χ3v) is 11.4. The molecule has 2 heterocycles. The van der Waals surface area contributed by atoms with E-state index in [9.17, 15) is 59.4 Å². The summed E-state index contributed by atoms with van der Waals surface area (Å²) in [7, 11) is 0. The number of cyclic esters (lactones) is 2. The summed E-state index contributed by atoms with van der Waals surface area (Å²) in [4.78, 5) is 74.4. The Kier molecular flexibility index (Phi) is 17.6. The first-order chi connectivity index (χ1) is 31.4. The Labute approximate surface area is 388 Å². The van der Waals surface area contributed by atoms with Gasteiger partial charge in [0.2, 0.25) is 11.5 Å². The average molecular weight is 927 g/mol. The molecule has 358 valence electrons. The molecule has 0 aromatic rings. The van der Waals surface area contributed by atoms with Gasteiger partial charge in [-0.05, 0) is 81.6 Å². The average Bonchev–Trinajstić information content (AvgIpc) is 3.68. The van der Waals surface area contributed by atoms with Crippen LogP contribution in [0.25, 0.3) is 0 Å². The Bertz CT molecular complexity index is 2470. The third-order valence-electron chi connectivity index (χ3n) is 11.4. The van der Waals surface area contributed by atoms with Gasteiger partial charge in [0, 0.05) is 6.42 Å². The molecule has 16 nitrogen and oxygen atoms in total. The van der Waals surface area contributed by atoms with Crippen molar-refractivity contribution >= 4 is 35.4 Å². The number of esters is 4. The van der Waals surface area contributed by atoms with Crippen molar-refractivity contribution in [2.75, 3.05) is 0 Å². The number of carbonyl (C=O) groups excluding carboxylic acids is 6. The van der Waals surface area contributed by atoms with Crippen molar-refractivity contribution in [3.63, 3.8) is 0 Å². The highest BCUT2D eigenvalue weighted by Gasteiger charge is 2.47. The van der Waals surface area contributed by atoms with Crippen molar-refractivity contribution < 1.29 is 78.4 Å². The van der Waals surface area contributed by atoms with Gasteiger partial charge >= 0.3 is 23.9 Å². The van der Waals surface area contributed by atoms with Crippen molar-refractivity contribution in [1.82, 2.24) is 0 Å². The number of ketones is 2. The first kappa shape index (κ1) is 52.6. The number of hydrogen-bond donors (Lipinski definition) is 6. The minimum atomic E-state index is -2.15. The second kappa shape index (κ2) is 22.4. The molecular formula is C51H58O16. The van der Waals surface area contributed by atoms with Crippen molar-refractivity contribution in [2.24, 2.45) is 11.3 Å². The zero-order chi connectivity index (χ0) is 50.1. The third kappa shape index (κ3) is 13.1. The Morgan fingerprint density at radius 3 is 1.48 bits per heavy atom. The van der Waals surface area contributed by atoms with Gasteiger partial charge in [0.15, 0.2) is 59.7 Å². The summed E-state index contributed by atoms with van der Waals surface area (Å²) in [5.41, 5.74) is 5.49. The number of allylic oxidation sites excluding steroid dienone is 20. The zero-order valence-corrected chi connectivity index (χ0v) is 38.8. The maximum atomic E-state index is 13.2. The van der Waals surface area contributed by atoms with Crippen molar-refractivity contribution in [3.8, 4) is 0 Å².